The average Bonchev–Trinajstić information content (AvgIpc) is 3.15. The van der Waals surface area contributed by atoms with Crippen LogP contribution in [0.25, 0.3) is 0 Å². The molecule has 2 aromatic carbocycles. The largest absolute Gasteiger partial charge is 0.494 e. The second-order valence-electron chi connectivity index (χ2n) is 9.34. The molecule has 0 saturated carbocycles. The smallest absolute Gasteiger partial charge is 0.336 e. The molecule has 2 aromatic rings. The molecular weight excluding hydrogens is 472 g/mol. The molecule has 2 heterocycles. The van der Waals surface area contributed by atoms with Crippen LogP contribution in [-0.2, 0) is 14.3 Å². The Morgan fingerprint density at radius 1 is 1.00 bits per heavy atom. The lowest BCUT2D eigenvalue weighted by Crippen LogP contribution is -2.34. The number of allylic oxidation sites excluding steroid dienone is 3. The minimum Gasteiger partial charge on any atom is -0.494 e. The normalized spacial score (nSPS) is 19.0. The summed E-state index contributed by atoms with van der Waals surface area (Å²) in [6.45, 7) is 2.42. The number of ketones is 1. The van der Waals surface area contributed by atoms with Gasteiger partial charge in [0.15, 0.2) is 5.78 Å². The first-order valence-electron chi connectivity index (χ1n) is 12.4. The summed E-state index contributed by atoms with van der Waals surface area (Å²) in [4.78, 5) is 51.8. The highest BCUT2D eigenvalue weighted by molar-refractivity contribution is 6.21. The number of methoxy groups -OCH3 is 1. The predicted octanol–water partition coefficient (Wildman–Crippen LogP) is 3.89. The van der Waals surface area contributed by atoms with Crippen molar-refractivity contribution in [3.63, 3.8) is 0 Å². The molecule has 0 radical (unpaired) electrons. The first-order chi connectivity index (χ1) is 17.9. The van der Waals surface area contributed by atoms with E-state index < -0.39 is 11.9 Å². The number of esters is 1. The number of nitrogens with zero attached hydrogens (tertiary/aromatic N) is 1. The van der Waals surface area contributed by atoms with Gasteiger partial charge in [0.05, 0.1) is 30.4 Å². The van der Waals surface area contributed by atoms with Crippen LogP contribution in [0.15, 0.2) is 71.1 Å². The summed E-state index contributed by atoms with van der Waals surface area (Å²) in [5.41, 5.74) is 4.32. The number of hydrogen-bond acceptors (Lipinski definition) is 7. The van der Waals surface area contributed by atoms with E-state index in [1.807, 2.05) is 19.1 Å². The fraction of sp³-hybridized carbons (Fsp3) is 0.310. The zero-order valence-electron chi connectivity index (χ0n) is 20.8. The number of hydrogen-bond donors (Lipinski definition) is 1. The van der Waals surface area contributed by atoms with E-state index in [9.17, 15) is 19.2 Å². The molecular formula is C29H28N2O6. The van der Waals surface area contributed by atoms with Crippen LogP contribution < -0.4 is 10.1 Å². The number of carbonyl (C=O) groups is 4. The van der Waals surface area contributed by atoms with E-state index in [0.717, 1.165) is 24.1 Å². The van der Waals surface area contributed by atoms with Gasteiger partial charge in [-0.2, -0.15) is 0 Å². The quantitative estimate of drug-likeness (QED) is 0.350. The number of amides is 2. The molecule has 1 N–H and O–H groups in total. The molecule has 5 rings (SSSR count). The van der Waals surface area contributed by atoms with Crippen molar-refractivity contribution in [2.45, 2.75) is 38.5 Å². The van der Waals surface area contributed by atoms with E-state index in [2.05, 4.69) is 5.32 Å². The van der Waals surface area contributed by atoms with Gasteiger partial charge >= 0.3 is 5.97 Å². The molecule has 2 aliphatic heterocycles. The van der Waals surface area contributed by atoms with Crippen LogP contribution in [0, 0.1) is 0 Å². The number of nitrogens with one attached hydrogen (secondary N) is 1. The zero-order valence-corrected chi connectivity index (χ0v) is 20.8. The van der Waals surface area contributed by atoms with Crippen molar-refractivity contribution < 1.29 is 28.7 Å². The lowest BCUT2D eigenvalue weighted by atomic mass is 9.75. The summed E-state index contributed by atoms with van der Waals surface area (Å²) in [5, 5.41) is 3.26. The number of ether oxygens (including phenoxy) is 2. The third kappa shape index (κ3) is 4.43. The van der Waals surface area contributed by atoms with Crippen molar-refractivity contribution in [2.75, 3.05) is 20.3 Å². The Kier molecular flexibility index (Phi) is 6.65. The minimum atomic E-state index is -0.501. The molecule has 0 aromatic heterocycles. The van der Waals surface area contributed by atoms with Crippen molar-refractivity contribution in [3.8, 4) is 5.75 Å². The van der Waals surface area contributed by atoms with Crippen molar-refractivity contribution in [1.29, 1.82) is 0 Å². The Morgan fingerprint density at radius 3 is 2.32 bits per heavy atom. The Bertz CT molecular complexity index is 1320. The number of fused-ring (bicyclic) bond motifs is 1. The van der Waals surface area contributed by atoms with E-state index >= 15 is 0 Å². The van der Waals surface area contributed by atoms with Gasteiger partial charge in [0, 0.05) is 35.9 Å². The molecule has 190 valence electrons. The monoisotopic (exact) mass is 500 g/mol. The third-order valence-electron chi connectivity index (χ3n) is 7.07. The van der Waals surface area contributed by atoms with Gasteiger partial charge in [-0.3, -0.25) is 19.3 Å². The van der Waals surface area contributed by atoms with Gasteiger partial charge < -0.3 is 14.8 Å². The lowest BCUT2D eigenvalue weighted by molar-refractivity contribution is -0.136. The summed E-state index contributed by atoms with van der Waals surface area (Å²) >= 11 is 0. The Morgan fingerprint density at radius 2 is 1.68 bits per heavy atom. The molecule has 1 atom stereocenters. The van der Waals surface area contributed by atoms with Gasteiger partial charge in [0.1, 0.15) is 5.75 Å². The highest BCUT2D eigenvalue weighted by Crippen LogP contribution is 2.42. The maximum absolute atomic E-state index is 12.9. The Hall–Kier alpha value is -4.20. The van der Waals surface area contributed by atoms with E-state index in [0.29, 0.717) is 53.2 Å². The fourth-order valence-electron chi connectivity index (χ4n) is 5.31. The summed E-state index contributed by atoms with van der Waals surface area (Å²) in [7, 11) is 1.34. The number of carbonyl (C=O) groups excluding carboxylic acids is 4. The molecule has 8 heteroatoms. The maximum atomic E-state index is 12.9. The standard InChI is InChI=1S/C29H28N2O6/c1-17-24(29(35)36-2)25(26-22(30-17)9-5-10-23(26)32)18-11-13-19(14-12-18)37-16-6-15-31-27(33)20-7-3-4-8-21(20)28(31)34/h3-4,7-8,11-14,25,30H,5-6,9-10,15-16H2,1-2H3/t25-/m0/s1. The Balaban J connectivity index is 1.26. The van der Waals surface area contributed by atoms with Crippen LogP contribution >= 0.6 is 0 Å². The average molecular weight is 501 g/mol. The summed E-state index contributed by atoms with van der Waals surface area (Å²) < 4.78 is 10.9. The molecule has 37 heavy (non-hydrogen) atoms. The molecule has 0 fully saturated rings. The van der Waals surface area contributed by atoms with Crippen LogP contribution in [0.4, 0.5) is 0 Å². The van der Waals surface area contributed by atoms with Crippen LogP contribution in [0.5, 0.6) is 5.75 Å². The number of dihydropyridines is 1. The van der Waals surface area contributed by atoms with Crippen LogP contribution in [0.2, 0.25) is 0 Å². The first kappa shape index (κ1) is 24.5. The second kappa shape index (κ2) is 10.0. The summed E-state index contributed by atoms with van der Waals surface area (Å²) in [6, 6.07) is 14.1. The van der Waals surface area contributed by atoms with Crippen molar-refractivity contribution in [1.82, 2.24) is 10.2 Å². The van der Waals surface area contributed by atoms with E-state index in [4.69, 9.17) is 9.47 Å². The van der Waals surface area contributed by atoms with Gasteiger partial charge in [-0.1, -0.05) is 24.3 Å². The minimum absolute atomic E-state index is 0.0427. The second-order valence-corrected chi connectivity index (χ2v) is 9.34. The molecule has 8 nitrogen and oxygen atoms in total. The van der Waals surface area contributed by atoms with E-state index in [1.165, 1.54) is 12.0 Å². The predicted molar refractivity (Wildman–Crippen MR) is 135 cm³/mol. The molecule has 3 aliphatic rings. The van der Waals surface area contributed by atoms with E-state index in [1.54, 1.807) is 36.4 Å². The lowest BCUT2D eigenvalue weighted by Gasteiger charge is -2.34. The number of rotatable bonds is 7. The highest BCUT2D eigenvalue weighted by Gasteiger charge is 2.39. The number of imide groups is 1. The SMILES string of the molecule is COC(=O)C1=C(C)NC2=C(C(=O)CCC2)[C@H]1c1ccc(OCCCN2C(=O)c3ccccc3C2=O)cc1. The van der Waals surface area contributed by atoms with E-state index in [-0.39, 0.29) is 24.1 Å². The summed E-state index contributed by atoms with van der Waals surface area (Å²) in [5.74, 6) is -0.858. The van der Waals surface area contributed by atoms with Crippen molar-refractivity contribution in [3.05, 3.63) is 87.8 Å². The van der Waals surface area contributed by atoms with Gasteiger partial charge in [0.2, 0.25) is 0 Å². The molecule has 0 saturated heterocycles. The zero-order chi connectivity index (χ0) is 26.1. The van der Waals surface area contributed by atoms with Crippen molar-refractivity contribution in [2.24, 2.45) is 0 Å². The Labute approximate surface area is 214 Å². The fourth-order valence-corrected chi connectivity index (χ4v) is 5.31. The molecule has 1 aliphatic carbocycles. The molecule has 0 bridgehead atoms. The van der Waals surface area contributed by atoms with Gasteiger partial charge in [-0.15, -0.1) is 0 Å². The third-order valence-corrected chi connectivity index (χ3v) is 7.07. The molecule has 0 spiro atoms. The van der Waals surface area contributed by atoms with Gasteiger partial charge in [-0.25, -0.2) is 4.79 Å². The molecule has 0 unspecified atom stereocenters. The molecule has 2 amide bonds. The first-order valence-corrected chi connectivity index (χ1v) is 12.4. The van der Waals surface area contributed by atoms with Crippen LogP contribution in [0.1, 0.15) is 64.8 Å². The number of benzene rings is 2. The van der Waals surface area contributed by atoms with Crippen molar-refractivity contribution >= 4 is 23.6 Å². The highest BCUT2D eigenvalue weighted by atomic mass is 16.5. The van der Waals surface area contributed by atoms with Gasteiger partial charge in [-0.05, 0) is 56.0 Å². The van der Waals surface area contributed by atoms with Crippen LogP contribution in [-0.4, -0.2) is 48.7 Å². The topological polar surface area (TPSA) is 102 Å². The maximum Gasteiger partial charge on any atom is 0.336 e. The number of Topliss-reactive ketones (excluding diaryl/α,β-unsaturated/α-hetero) is 1. The van der Waals surface area contributed by atoms with Crippen LogP contribution in [0.3, 0.4) is 0 Å². The summed E-state index contributed by atoms with van der Waals surface area (Å²) in [6.07, 6.45) is 2.49. The van der Waals surface area contributed by atoms with Gasteiger partial charge in [0.25, 0.3) is 11.8 Å².